The maximum absolute atomic E-state index is 12.4. The van der Waals surface area contributed by atoms with Crippen LogP contribution in [0.25, 0.3) is 0 Å². The topological polar surface area (TPSA) is 68.3 Å². The Kier molecular flexibility index (Phi) is 4.36. The number of benzene rings is 1. The Hall–Kier alpha value is -1.30. The van der Waals surface area contributed by atoms with Gasteiger partial charge < -0.3 is 0 Å². The van der Waals surface area contributed by atoms with Crippen LogP contribution in [0.5, 0.6) is 0 Å². The van der Waals surface area contributed by atoms with Gasteiger partial charge in [-0.15, -0.1) is 0 Å². The monoisotopic (exact) mass is 355 g/mol. The van der Waals surface area contributed by atoms with Crippen LogP contribution in [-0.2, 0) is 19.7 Å². The second-order valence-corrected chi connectivity index (χ2v) is 7.57. The van der Waals surface area contributed by atoms with Gasteiger partial charge in [0, 0.05) is 0 Å². The lowest BCUT2D eigenvalue weighted by Gasteiger charge is -2.20. The molecule has 21 heavy (non-hydrogen) atoms. The highest BCUT2D eigenvalue weighted by atomic mass is 32.3. The Morgan fingerprint density at radius 2 is 1.05 bits per heavy atom. The van der Waals surface area contributed by atoms with Crippen LogP contribution >= 0.6 is 0 Å². The number of alkyl halides is 6. The van der Waals surface area contributed by atoms with Crippen molar-refractivity contribution < 1.29 is 43.2 Å². The molecule has 1 aromatic rings. The summed E-state index contributed by atoms with van der Waals surface area (Å²) in [6.07, 6.45) is 0. The highest BCUT2D eigenvalue weighted by Crippen LogP contribution is 2.43. The summed E-state index contributed by atoms with van der Waals surface area (Å²) in [7, 11) is -13.4. The van der Waals surface area contributed by atoms with Crippen LogP contribution in [0.1, 0.15) is 5.56 Å². The van der Waals surface area contributed by atoms with E-state index in [-0.39, 0.29) is 0 Å². The molecule has 1 aromatic carbocycles. The summed E-state index contributed by atoms with van der Waals surface area (Å²) in [5.41, 5.74) is -13.6. The predicted octanol–water partition coefficient (Wildman–Crippen LogP) is 2.39. The smallest absolute Gasteiger partial charge is 0.217 e. The lowest BCUT2D eigenvalue weighted by molar-refractivity contribution is -0.0452. The standard InChI is InChI=1S/C9H5F6O4S2/c10-8(11,12)20(16,17)7(6-4-2-1-3-5-6)21(18,19)9(13,14)15/h1-5H. The molecule has 0 saturated heterocycles. The molecular weight excluding hydrogens is 350 g/mol. The van der Waals surface area contributed by atoms with Gasteiger partial charge in [-0.25, -0.2) is 16.8 Å². The van der Waals surface area contributed by atoms with E-state index in [2.05, 4.69) is 0 Å². The molecule has 0 aromatic heterocycles. The van der Waals surface area contributed by atoms with Gasteiger partial charge in [-0.1, -0.05) is 30.3 Å². The third-order valence-electron chi connectivity index (χ3n) is 2.11. The van der Waals surface area contributed by atoms with E-state index in [1.807, 2.05) is 0 Å². The summed E-state index contributed by atoms with van der Waals surface area (Å²) < 4.78 is 117. The molecule has 0 saturated carbocycles. The summed E-state index contributed by atoms with van der Waals surface area (Å²) in [6.45, 7) is 0. The number of halogens is 6. The molecule has 4 nitrogen and oxygen atoms in total. The molecule has 0 bridgehead atoms. The van der Waals surface area contributed by atoms with Crippen molar-refractivity contribution in [1.29, 1.82) is 0 Å². The quantitative estimate of drug-likeness (QED) is 0.781. The van der Waals surface area contributed by atoms with E-state index < -0.39 is 40.8 Å². The zero-order valence-electron chi connectivity index (χ0n) is 9.60. The molecule has 0 unspecified atom stereocenters. The Bertz CT molecular complexity index is 659. The molecule has 0 atom stereocenters. The first kappa shape index (κ1) is 17.8. The molecule has 0 N–H and O–H groups in total. The minimum absolute atomic E-state index is 0.516. The molecule has 0 heterocycles. The third-order valence-corrected chi connectivity index (χ3v) is 6.09. The van der Waals surface area contributed by atoms with Gasteiger partial charge in [-0.05, 0) is 5.56 Å². The minimum atomic E-state index is -6.72. The van der Waals surface area contributed by atoms with E-state index in [0.29, 0.717) is 12.1 Å². The van der Waals surface area contributed by atoms with Crippen molar-refractivity contribution in [2.45, 2.75) is 11.0 Å². The molecule has 1 rings (SSSR count). The third kappa shape index (κ3) is 3.15. The van der Waals surface area contributed by atoms with E-state index in [4.69, 9.17) is 0 Å². The van der Waals surface area contributed by atoms with Gasteiger partial charge in [0.2, 0.25) is 0 Å². The van der Waals surface area contributed by atoms with E-state index >= 15 is 0 Å². The fraction of sp³-hybridized carbons (Fsp3) is 0.222. The van der Waals surface area contributed by atoms with Crippen LogP contribution in [-0.4, -0.2) is 27.9 Å². The molecule has 0 aliphatic heterocycles. The Labute approximate surface area is 115 Å². The largest absolute Gasteiger partial charge is 0.499 e. The average molecular weight is 355 g/mol. The average Bonchev–Trinajstić information content (AvgIpc) is 2.26. The van der Waals surface area contributed by atoms with Gasteiger partial charge in [0.25, 0.3) is 24.3 Å². The SMILES string of the molecule is O=S(=O)([C](c1ccccc1)S(=O)(=O)C(F)(F)F)C(F)(F)F. The summed E-state index contributed by atoms with van der Waals surface area (Å²) >= 11 is 0. The van der Waals surface area contributed by atoms with Crippen molar-refractivity contribution in [2.24, 2.45) is 0 Å². The molecule has 0 aliphatic carbocycles. The fourth-order valence-electron chi connectivity index (χ4n) is 1.24. The van der Waals surface area contributed by atoms with E-state index in [0.717, 1.165) is 18.2 Å². The van der Waals surface area contributed by atoms with Crippen molar-refractivity contribution in [2.75, 3.05) is 0 Å². The van der Waals surface area contributed by atoms with E-state index in [1.165, 1.54) is 0 Å². The van der Waals surface area contributed by atoms with E-state index in [1.54, 1.807) is 0 Å². The first-order valence-electron chi connectivity index (χ1n) is 4.78. The zero-order valence-corrected chi connectivity index (χ0v) is 11.2. The summed E-state index contributed by atoms with van der Waals surface area (Å²) in [5.74, 6) is 0. The lowest BCUT2D eigenvalue weighted by Crippen LogP contribution is -2.39. The van der Waals surface area contributed by atoms with Gasteiger partial charge in [0.05, 0.1) is 0 Å². The summed E-state index contributed by atoms with van der Waals surface area (Å²) in [5, 5.41) is 0. The molecule has 0 aliphatic rings. The van der Waals surface area contributed by atoms with Gasteiger partial charge >= 0.3 is 11.0 Å². The van der Waals surface area contributed by atoms with Crippen LogP contribution in [0, 0.1) is 4.58 Å². The van der Waals surface area contributed by atoms with Crippen LogP contribution in [0.2, 0.25) is 0 Å². The van der Waals surface area contributed by atoms with Gasteiger partial charge in [0.15, 0.2) is 0 Å². The van der Waals surface area contributed by atoms with Crippen LogP contribution in [0.3, 0.4) is 0 Å². The summed E-state index contributed by atoms with van der Waals surface area (Å²) in [6, 6.07) is 3.98. The number of hydrogen-bond donors (Lipinski definition) is 0. The van der Waals surface area contributed by atoms with Crippen LogP contribution in [0.15, 0.2) is 30.3 Å². The molecule has 0 amide bonds. The van der Waals surface area contributed by atoms with Gasteiger partial charge in [-0.2, -0.15) is 26.3 Å². The van der Waals surface area contributed by atoms with Crippen molar-refractivity contribution in [3.63, 3.8) is 0 Å². The molecule has 119 valence electrons. The number of hydrogen-bond acceptors (Lipinski definition) is 4. The van der Waals surface area contributed by atoms with Crippen LogP contribution in [0.4, 0.5) is 26.3 Å². The van der Waals surface area contributed by atoms with Crippen molar-refractivity contribution >= 4 is 19.7 Å². The maximum atomic E-state index is 12.4. The minimum Gasteiger partial charge on any atom is -0.217 e. The second kappa shape index (κ2) is 5.16. The van der Waals surface area contributed by atoms with Crippen molar-refractivity contribution in [3.05, 3.63) is 40.5 Å². The fourth-order valence-corrected chi connectivity index (χ4v) is 4.27. The molecular formula is C9H5F6O4S2. The second-order valence-electron chi connectivity index (χ2n) is 3.55. The first-order chi connectivity index (χ1) is 9.23. The molecule has 12 heteroatoms. The van der Waals surface area contributed by atoms with Crippen molar-refractivity contribution in [1.82, 2.24) is 0 Å². The molecule has 1 radical (unpaired) electrons. The zero-order chi connectivity index (χ0) is 16.7. The highest BCUT2D eigenvalue weighted by molar-refractivity contribution is 8.13. The molecule has 0 fully saturated rings. The maximum Gasteiger partial charge on any atom is 0.499 e. The Morgan fingerprint density at radius 1 is 0.714 bits per heavy atom. The highest BCUT2D eigenvalue weighted by Gasteiger charge is 2.64. The van der Waals surface area contributed by atoms with Crippen LogP contribution < -0.4 is 0 Å². The Morgan fingerprint density at radius 3 is 1.33 bits per heavy atom. The van der Waals surface area contributed by atoms with Gasteiger partial charge in [-0.3, -0.25) is 0 Å². The van der Waals surface area contributed by atoms with Crippen molar-refractivity contribution in [3.8, 4) is 0 Å². The van der Waals surface area contributed by atoms with E-state index in [9.17, 15) is 43.2 Å². The number of rotatable bonds is 3. The number of sulfone groups is 2. The van der Waals surface area contributed by atoms with Gasteiger partial charge in [0.1, 0.15) is 0 Å². The first-order valence-corrected chi connectivity index (χ1v) is 7.74. The Balaban J connectivity index is 3.72. The predicted molar refractivity (Wildman–Crippen MR) is 58.7 cm³/mol. The normalized spacial score (nSPS) is 14.4. The lowest BCUT2D eigenvalue weighted by atomic mass is 10.2. The molecule has 0 spiro atoms. The summed E-state index contributed by atoms with van der Waals surface area (Å²) in [4.78, 5) is 0.